The van der Waals surface area contributed by atoms with Gasteiger partial charge in [-0.3, -0.25) is 0 Å². The summed E-state index contributed by atoms with van der Waals surface area (Å²) in [5, 5.41) is 2.65. The Hall–Kier alpha value is -1.79. The molecule has 1 heterocycles. The van der Waals surface area contributed by atoms with E-state index < -0.39 is 28.9 Å². The van der Waals surface area contributed by atoms with Gasteiger partial charge in [-0.25, -0.2) is 9.59 Å². The van der Waals surface area contributed by atoms with Gasteiger partial charge in [-0.05, 0) is 60.8 Å². The highest BCUT2D eigenvalue weighted by molar-refractivity contribution is 5.78. The average molecular weight is 342 g/mol. The summed E-state index contributed by atoms with van der Waals surface area (Å²) in [4.78, 5) is 37.6. The summed E-state index contributed by atoms with van der Waals surface area (Å²) < 4.78 is 10.6. The number of ether oxygens (including phenoxy) is 2. The molecular weight excluding hydrogens is 312 g/mol. The number of carbonyl (C=O) groups excluding carboxylic acids is 3. The van der Waals surface area contributed by atoms with Crippen molar-refractivity contribution >= 4 is 18.5 Å². The topological polar surface area (TPSA) is 84.9 Å². The summed E-state index contributed by atoms with van der Waals surface area (Å²) in [6.07, 6.45) is 1.45. The molecule has 7 nitrogen and oxygen atoms in total. The van der Waals surface area contributed by atoms with Crippen LogP contribution in [0, 0.1) is 0 Å². The van der Waals surface area contributed by atoms with Crippen molar-refractivity contribution in [1.29, 1.82) is 0 Å². The molecule has 1 atom stereocenters. The number of hydrogen-bond donors (Lipinski definition) is 1. The molecule has 1 fully saturated rings. The molecule has 1 aliphatic rings. The Labute approximate surface area is 144 Å². The van der Waals surface area contributed by atoms with Crippen LogP contribution in [-0.4, -0.2) is 53.2 Å². The Morgan fingerprint density at radius 2 is 1.62 bits per heavy atom. The van der Waals surface area contributed by atoms with Crippen molar-refractivity contribution in [3.8, 4) is 0 Å². The van der Waals surface area contributed by atoms with Crippen LogP contribution in [0.15, 0.2) is 0 Å². The van der Waals surface area contributed by atoms with Crippen molar-refractivity contribution in [2.75, 3.05) is 13.1 Å². The quantitative estimate of drug-likeness (QED) is 0.780. The van der Waals surface area contributed by atoms with Crippen LogP contribution in [-0.2, 0) is 14.3 Å². The van der Waals surface area contributed by atoms with Crippen molar-refractivity contribution in [1.82, 2.24) is 10.2 Å². The standard InChI is InChI=1S/C17H30N2O5/c1-15(2,3)23-13(21)18-17(12-20)9-7-8-10-19(11-17)14(22)24-16(4,5)6/h12H,7-11H2,1-6H3,(H,18,21). The lowest BCUT2D eigenvalue weighted by molar-refractivity contribution is -0.114. The smallest absolute Gasteiger partial charge is 0.410 e. The zero-order valence-corrected chi connectivity index (χ0v) is 15.6. The average Bonchev–Trinajstić information content (AvgIpc) is 2.57. The number of aldehydes is 1. The number of hydrogen-bond acceptors (Lipinski definition) is 5. The predicted molar refractivity (Wildman–Crippen MR) is 89.8 cm³/mol. The van der Waals surface area contributed by atoms with Crippen LogP contribution in [0.1, 0.15) is 60.8 Å². The molecule has 1 unspecified atom stereocenters. The molecular formula is C17H30N2O5. The monoisotopic (exact) mass is 342 g/mol. The second-order valence-corrected chi connectivity index (χ2v) is 8.26. The van der Waals surface area contributed by atoms with Gasteiger partial charge in [-0.15, -0.1) is 0 Å². The van der Waals surface area contributed by atoms with E-state index in [0.29, 0.717) is 25.7 Å². The molecule has 0 aromatic carbocycles. The second-order valence-electron chi connectivity index (χ2n) is 8.26. The van der Waals surface area contributed by atoms with Gasteiger partial charge in [0.2, 0.25) is 0 Å². The second kappa shape index (κ2) is 7.40. The lowest BCUT2D eigenvalue weighted by atomic mass is 9.95. The third-order valence-electron chi connectivity index (χ3n) is 3.40. The van der Waals surface area contributed by atoms with E-state index in [1.165, 1.54) is 4.90 Å². The number of rotatable bonds is 2. The normalized spacial score (nSPS) is 22.3. The molecule has 1 saturated heterocycles. The highest BCUT2D eigenvalue weighted by atomic mass is 16.6. The largest absolute Gasteiger partial charge is 0.444 e. The number of amides is 2. The van der Waals surface area contributed by atoms with Crippen LogP contribution in [0.4, 0.5) is 9.59 Å². The number of alkyl carbamates (subject to hydrolysis) is 1. The molecule has 7 heteroatoms. The Morgan fingerprint density at radius 1 is 1.04 bits per heavy atom. The summed E-state index contributed by atoms with van der Waals surface area (Å²) >= 11 is 0. The van der Waals surface area contributed by atoms with Crippen molar-refractivity contribution in [3.05, 3.63) is 0 Å². The van der Waals surface area contributed by atoms with Crippen molar-refractivity contribution in [2.45, 2.75) is 77.5 Å². The van der Waals surface area contributed by atoms with Gasteiger partial charge < -0.3 is 24.5 Å². The van der Waals surface area contributed by atoms with E-state index in [2.05, 4.69) is 5.32 Å². The molecule has 0 spiro atoms. The summed E-state index contributed by atoms with van der Waals surface area (Å²) in [6, 6.07) is 0. The number of nitrogens with zero attached hydrogens (tertiary/aromatic N) is 1. The molecule has 138 valence electrons. The van der Waals surface area contributed by atoms with Gasteiger partial charge >= 0.3 is 12.2 Å². The first-order chi connectivity index (χ1) is 10.9. The van der Waals surface area contributed by atoms with E-state index in [1.807, 2.05) is 0 Å². The van der Waals surface area contributed by atoms with Gasteiger partial charge in [0.25, 0.3) is 0 Å². The number of nitrogens with one attached hydrogen (secondary N) is 1. The first-order valence-corrected chi connectivity index (χ1v) is 8.31. The molecule has 0 aliphatic carbocycles. The van der Waals surface area contributed by atoms with Crippen LogP contribution >= 0.6 is 0 Å². The Bertz CT molecular complexity index is 478. The molecule has 1 N–H and O–H groups in total. The van der Waals surface area contributed by atoms with Gasteiger partial charge in [0.15, 0.2) is 0 Å². The maximum absolute atomic E-state index is 12.3. The fourth-order valence-corrected chi connectivity index (χ4v) is 2.46. The molecule has 0 aromatic heterocycles. The first kappa shape index (κ1) is 20.3. The van der Waals surface area contributed by atoms with Crippen LogP contribution < -0.4 is 5.32 Å². The predicted octanol–water partition coefficient (Wildman–Crippen LogP) is 2.87. The van der Waals surface area contributed by atoms with E-state index in [9.17, 15) is 14.4 Å². The highest BCUT2D eigenvalue weighted by Crippen LogP contribution is 2.22. The molecule has 0 aromatic rings. The molecule has 0 bridgehead atoms. The van der Waals surface area contributed by atoms with Crippen molar-refractivity contribution in [2.24, 2.45) is 0 Å². The molecule has 0 saturated carbocycles. The van der Waals surface area contributed by atoms with E-state index >= 15 is 0 Å². The zero-order valence-electron chi connectivity index (χ0n) is 15.6. The number of likely N-dealkylation sites (tertiary alicyclic amines) is 1. The fourth-order valence-electron chi connectivity index (χ4n) is 2.46. The molecule has 2 amide bonds. The van der Waals surface area contributed by atoms with E-state index in [0.717, 1.165) is 6.42 Å². The van der Waals surface area contributed by atoms with E-state index in [-0.39, 0.29) is 6.54 Å². The summed E-state index contributed by atoms with van der Waals surface area (Å²) in [6.45, 7) is 11.2. The Balaban J connectivity index is 2.86. The van der Waals surface area contributed by atoms with Crippen molar-refractivity contribution in [3.63, 3.8) is 0 Å². The Morgan fingerprint density at radius 3 is 2.12 bits per heavy atom. The highest BCUT2D eigenvalue weighted by Gasteiger charge is 2.39. The molecule has 24 heavy (non-hydrogen) atoms. The lowest BCUT2D eigenvalue weighted by Gasteiger charge is -2.34. The minimum absolute atomic E-state index is 0.0741. The summed E-state index contributed by atoms with van der Waals surface area (Å²) in [5.74, 6) is 0. The van der Waals surface area contributed by atoms with Gasteiger partial charge in [-0.1, -0.05) is 0 Å². The van der Waals surface area contributed by atoms with Crippen LogP contribution in [0.3, 0.4) is 0 Å². The van der Waals surface area contributed by atoms with Gasteiger partial charge in [0.1, 0.15) is 23.0 Å². The van der Waals surface area contributed by atoms with E-state index in [1.54, 1.807) is 41.5 Å². The Kier molecular flexibility index (Phi) is 6.25. The van der Waals surface area contributed by atoms with Crippen LogP contribution in [0.2, 0.25) is 0 Å². The van der Waals surface area contributed by atoms with Crippen molar-refractivity contribution < 1.29 is 23.9 Å². The minimum Gasteiger partial charge on any atom is -0.444 e. The van der Waals surface area contributed by atoms with E-state index in [4.69, 9.17) is 9.47 Å². The third-order valence-corrected chi connectivity index (χ3v) is 3.40. The van der Waals surface area contributed by atoms with Gasteiger partial charge in [-0.2, -0.15) is 0 Å². The maximum Gasteiger partial charge on any atom is 0.410 e. The summed E-state index contributed by atoms with van der Waals surface area (Å²) in [5.41, 5.74) is -2.44. The third kappa shape index (κ3) is 6.76. The van der Waals surface area contributed by atoms with Crippen LogP contribution in [0.5, 0.6) is 0 Å². The SMILES string of the molecule is CC(C)(C)OC(=O)NC1(C=O)CCCCN(C(=O)OC(C)(C)C)C1. The lowest BCUT2D eigenvalue weighted by Crippen LogP contribution is -2.58. The molecule has 0 radical (unpaired) electrons. The maximum atomic E-state index is 12.3. The molecule has 1 rings (SSSR count). The van der Waals surface area contributed by atoms with Crippen LogP contribution in [0.25, 0.3) is 0 Å². The minimum atomic E-state index is -1.16. The fraction of sp³-hybridized carbons (Fsp3) is 0.824. The molecule has 1 aliphatic heterocycles. The van der Waals surface area contributed by atoms with Gasteiger partial charge in [0.05, 0.1) is 6.54 Å². The van der Waals surface area contributed by atoms with Gasteiger partial charge in [0, 0.05) is 6.54 Å². The number of carbonyl (C=O) groups is 3. The summed E-state index contributed by atoms with van der Waals surface area (Å²) in [7, 11) is 0. The first-order valence-electron chi connectivity index (χ1n) is 8.31. The zero-order chi connectivity index (χ0) is 18.6.